The molecule has 20 heavy (non-hydrogen) atoms. The minimum Gasteiger partial charge on any atom is -0.324 e. The standard InChI is InChI=1S/C14H12ClF2N3/c15-13-11-3-1-2-4-12(11)19-14(20-13)18-10-6-8(16)5-9(17)7-10/h5-7H,1-4H2,(H,18,19,20). The molecule has 0 fully saturated rings. The van der Waals surface area contributed by atoms with Crippen LogP contribution in [0.5, 0.6) is 0 Å². The first-order valence-electron chi connectivity index (χ1n) is 6.40. The van der Waals surface area contributed by atoms with E-state index < -0.39 is 11.6 Å². The van der Waals surface area contributed by atoms with Crippen molar-refractivity contribution in [3.63, 3.8) is 0 Å². The Kier molecular flexibility index (Phi) is 3.53. The maximum atomic E-state index is 13.1. The summed E-state index contributed by atoms with van der Waals surface area (Å²) < 4.78 is 26.3. The molecule has 0 amide bonds. The zero-order valence-corrected chi connectivity index (χ0v) is 11.3. The molecule has 0 atom stereocenters. The van der Waals surface area contributed by atoms with Gasteiger partial charge in [0.15, 0.2) is 0 Å². The van der Waals surface area contributed by atoms with Crippen molar-refractivity contribution in [1.29, 1.82) is 0 Å². The first-order valence-corrected chi connectivity index (χ1v) is 6.78. The SMILES string of the molecule is Fc1cc(F)cc(Nc2nc(Cl)c3c(n2)CCCC3)c1. The summed E-state index contributed by atoms with van der Waals surface area (Å²) in [5, 5.41) is 3.20. The second-order valence-corrected chi connectivity index (χ2v) is 5.11. The highest BCUT2D eigenvalue weighted by atomic mass is 35.5. The van der Waals surface area contributed by atoms with Gasteiger partial charge in [0.2, 0.25) is 5.95 Å². The molecule has 0 saturated heterocycles. The fourth-order valence-electron chi connectivity index (χ4n) is 2.36. The highest BCUT2D eigenvalue weighted by molar-refractivity contribution is 6.30. The molecule has 0 spiro atoms. The van der Waals surface area contributed by atoms with Crippen molar-refractivity contribution in [3.05, 3.63) is 46.2 Å². The van der Waals surface area contributed by atoms with E-state index in [0.717, 1.165) is 43.0 Å². The van der Waals surface area contributed by atoms with Crippen molar-refractivity contribution in [2.45, 2.75) is 25.7 Å². The molecule has 0 unspecified atom stereocenters. The molecule has 2 aromatic rings. The van der Waals surface area contributed by atoms with Gasteiger partial charge in [-0.15, -0.1) is 0 Å². The topological polar surface area (TPSA) is 37.8 Å². The number of halogens is 3. The summed E-state index contributed by atoms with van der Waals surface area (Å²) in [4.78, 5) is 8.52. The second kappa shape index (κ2) is 5.32. The van der Waals surface area contributed by atoms with Crippen molar-refractivity contribution >= 4 is 23.2 Å². The largest absolute Gasteiger partial charge is 0.324 e. The Balaban J connectivity index is 1.92. The molecule has 6 heteroatoms. The number of benzene rings is 1. The maximum absolute atomic E-state index is 13.1. The van der Waals surface area contributed by atoms with Crippen molar-refractivity contribution in [2.24, 2.45) is 0 Å². The van der Waals surface area contributed by atoms with Gasteiger partial charge in [-0.2, -0.15) is 0 Å². The average molecular weight is 296 g/mol. The number of hydrogen-bond acceptors (Lipinski definition) is 3. The Morgan fingerprint density at radius 2 is 1.70 bits per heavy atom. The van der Waals surface area contributed by atoms with Gasteiger partial charge in [-0.05, 0) is 37.8 Å². The molecular formula is C14H12ClF2N3. The van der Waals surface area contributed by atoms with E-state index in [0.29, 0.717) is 5.15 Å². The van der Waals surface area contributed by atoms with Gasteiger partial charge in [0.1, 0.15) is 16.8 Å². The normalized spacial score (nSPS) is 13.9. The van der Waals surface area contributed by atoms with E-state index in [1.165, 1.54) is 12.1 Å². The van der Waals surface area contributed by atoms with Gasteiger partial charge < -0.3 is 5.32 Å². The molecule has 1 aromatic heterocycles. The minimum atomic E-state index is -0.656. The van der Waals surface area contributed by atoms with Gasteiger partial charge in [0, 0.05) is 17.3 Å². The van der Waals surface area contributed by atoms with E-state index in [4.69, 9.17) is 11.6 Å². The van der Waals surface area contributed by atoms with Crippen LogP contribution >= 0.6 is 11.6 Å². The lowest BCUT2D eigenvalue weighted by Gasteiger charge is -2.16. The van der Waals surface area contributed by atoms with E-state index in [1.807, 2.05) is 0 Å². The van der Waals surface area contributed by atoms with Crippen molar-refractivity contribution in [3.8, 4) is 0 Å². The third-order valence-electron chi connectivity index (χ3n) is 3.25. The minimum absolute atomic E-state index is 0.259. The number of aryl methyl sites for hydroxylation is 1. The molecule has 3 nitrogen and oxygen atoms in total. The Morgan fingerprint density at radius 3 is 2.45 bits per heavy atom. The average Bonchev–Trinajstić information content (AvgIpc) is 2.37. The van der Waals surface area contributed by atoms with Crippen LogP contribution in [0.2, 0.25) is 5.15 Å². The molecule has 1 heterocycles. The second-order valence-electron chi connectivity index (χ2n) is 4.75. The number of hydrogen-bond donors (Lipinski definition) is 1. The monoisotopic (exact) mass is 295 g/mol. The number of nitrogens with one attached hydrogen (secondary N) is 1. The number of aromatic nitrogens is 2. The molecule has 1 aliphatic carbocycles. The predicted molar refractivity (Wildman–Crippen MR) is 73.3 cm³/mol. The van der Waals surface area contributed by atoms with Crippen LogP contribution in [0.15, 0.2) is 18.2 Å². The van der Waals surface area contributed by atoms with Gasteiger partial charge in [0.25, 0.3) is 0 Å². The van der Waals surface area contributed by atoms with Gasteiger partial charge in [-0.25, -0.2) is 18.7 Å². The molecule has 1 N–H and O–H groups in total. The van der Waals surface area contributed by atoms with Gasteiger partial charge in [-0.1, -0.05) is 11.6 Å². The van der Waals surface area contributed by atoms with Crippen LogP contribution in [-0.2, 0) is 12.8 Å². The maximum Gasteiger partial charge on any atom is 0.228 e. The van der Waals surface area contributed by atoms with Crippen LogP contribution in [0.25, 0.3) is 0 Å². The third-order valence-corrected chi connectivity index (χ3v) is 3.56. The van der Waals surface area contributed by atoms with E-state index >= 15 is 0 Å². The Hall–Kier alpha value is -1.75. The lowest BCUT2D eigenvalue weighted by molar-refractivity contribution is 0.584. The molecule has 1 aliphatic rings. The molecule has 104 valence electrons. The fraction of sp³-hybridized carbons (Fsp3) is 0.286. The molecule has 0 saturated carbocycles. The zero-order chi connectivity index (χ0) is 14.1. The van der Waals surface area contributed by atoms with E-state index in [1.54, 1.807) is 0 Å². The quantitative estimate of drug-likeness (QED) is 0.850. The third kappa shape index (κ3) is 2.72. The molecule has 3 rings (SSSR count). The van der Waals surface area contributed by atoms with Crippen LogP contribution in [0, 0.1) is 11.6 Å². The zero-order valence-electron chi connectivity index (χ0n) is 10.6. The summed E-state index contributed by atoms with van der Waals surface area (Å²) in [5.41, 5.74) is 2.15. The molecule has 0 aliphatic heterocycles. The number of nitrogens with zero attached hydrogens (tertiary/aromatic N) is 2. The van der Waals surface area contributed by atoms with Crippen LogP contribution in [-0.4, -0.2) is 9.97 Å². The van der Waals surface area contributed by atoms with Gasteiger partial charge in [0.05, 0.1) is 5.69 Å². The summed E-state index contributed by atoms with van der Waals surface area (Å²) in [6, 6.07) is 3.17. The molecule has 0 radical (unpaired) electrons. The highest BCUT2D eigenvalue weighted by Crippen LogP contribution is 2.27. The summed E-state index contributed by atoms with van der Waals surface area (Å²) in [6.07, 6.45) is 3.87. The van der Waals surface area contributed by atoms with Crippen molar-refractivity contribution in [2.75, 3.05) is 5.32 Å². The molecule has 1 aromatic carbocycles. The molecular weight excluding hydrogens is 284 g/mol. The highest BCUT2D eigenvalue weighted by Gasteiger charge is 2.16. The van der Waals surface area contributed by atoms with Crippen LogP contribution in [0.4, 0.5) is 20.4 Å². The number of fused-ring (bicyclic) bond motifs is 1. The first kappa shape index (κ1) is 13.2. The van der Waals surface area contributed by atoms with Crippen molar-refractivity contribution < 1.29 is 8.78 Å². The summed E-state index contributed by atoms with van der Waals surface area (Å²) in [5.74, 6) is -1.05. The van der Waals surface area contributed by atoms with Crippen LogP contribution in [0.3, 0.4) is 0 Å². The Morgan fingerprint density at radius 1 is 1.00 bits per heavy atom. The summed E-state index contributed by atoms with van der Waals surface area (Å²) >= 11 is 6.14. The first-order chi connectivity index (χ1) is 9.61. The fourth-order valence-corrected chi connectivity index (χ4v) is 2.64. The van der Waals surface area contributed by atoms with E-state index in [9.17, 15) is 8.78 Å². The van der Waals surface area contributed by atoms with E-state index in [2.05, 4.69) is 15.3 Å². The lowest BCUT2D eigenvalue weighted by Crippen LogP contribution is -2.10. The Bertz CT molecular complexity index is 641. The Labute approximate surface area is 120 Å². The van der Waals surface area contributed by atoms with Gasteiger partial charge in [-0.3, -0.25) is 0 Å². The smallest absolute Gasteiger partial charge is 0.228 e. The van der Waals surface area contributed by atoms with Gasteiger partial charge >= 0.3 is 0 Å². The summed E-state index contributed by atoms with van der Waals surface area (Å²) in [6.45, 7) is 0. The summed E-state index contributed by atoms with van der Waals surface area (Å²) in [7, 11) is 0. The van der Waals surface area contributed by atoms with E-state index in [-0.39, 0.29) is 11.6 Å². The molecule has 0 bridgehead atoms. The predicted octanol–water partition coefficient (Wildman–Crippen LogP) is 4.03. The number of anilines is 2. The van der Waals surface area contributed by atoms with Crippen molar-refractivity contribution in [1.82, 2.24) is 9.97 Å². The van der Waals surface area contributed by atoms with Crippen LogP contribution in [0.1, 0.15) is 24.1 Å². The lowest BCUT2D eigenvalue weighted by atomic mass is 9.97. The van der Waals surface area contributed by atoms with Crippen LogP contribution < -0.4 is 5.32 Å². The number of rotatable bonds is 2.